The second kappa shape index (κ2) is 10.2. The molecule has 2 amide bonds. The van der Waals surface area contributed by atoms with Crippen molar-refractivity contribution in [2.45, 2.75) is 51.4 Å². The Balaban J connectivity index is 1.48. The zero-order valence-corrected chi connectivity index (χ0v) is 19.9. The summed E-state index contributed by atoms with van der Waals surface area (Å²) in [4.78, 5) is 30.8. The molecule has 34 heavy (non-hydrogen) atoms. The number of para-hydroxylation sites is 1. The van der Waals surface area contributed by atoms with Gasteiger partial charge in [0, 0.05) is 30.6 Å². The van der Waals surface area contributed by atoms with Crippen molar-refractivity contribution in [2.24, 2.45) is 5.92 Å². The molecule has 5 rings (SSSR count). The second-order valence-corrected chi connectivity index (χ2v) is 9.56. The fourth-order valence-electron chi connectivity index (χ4n) is 4.96. The van der Waals surface area contributed by atoms with E-state index >= 15 is 0 Å². The number of nitrogens with one attached hydrogen (secondary N) is 1. The third-order valence-corrected chi connectivity index (χ3v) is 6.95. The van der Waals surface area contributed by atoms with Gasteiger partial charge in [-0.05, 0) is 49.9 Å². The van der Waals surface area contributed by atoms with Crippen molar-refractivity contribution < 1.29 is 14.0 Å². The van der Waals surface area contributed by atoms with Gasteiger partial charge in [0.15, 0.2) is 11.3 Å². The fraction of sp³-hybridized carbons (Fsp3) is 0.423. The van der Waals surface area contributed by atoms with Gasteiger partial charge in [0.2, 0.25) is 5.91 Å². The molecule has 0 radical (unpaired) electrons. The number of furan rings is 1. The Morgan fingerprint density at radius 3 is 2.53 bits per heavy atom. The molecule has 8 heteroatoms. The molecule has 1 N–H and O–H groups in total. The zero-order valence-electron chi connectivity index (χ0n) is 19.1. The number of halogens is 1. The molecule has 2 fully saturated rings. The number of nitrogens with zero attached hydrogens (tertiary/aromatic N) is 3. The first-order valence-electron chi connectivity index (χ1n) is 12.1. The molecular weight excluding hydrogens is 452 g/mol. The summed E-state index contributed by atoms with van der Waals surface area (Å²) in [5.41, 5.74) is 1.25. The molecule has 1 aliphatic carbocycles. The molecule has 0 unspecified atom stereocenters. The second-order valence-electron chi connectivity index (χ2n) is 9.12. The summed E-state index contributed by atoms with van der Waals surface area (Å²) < 4.78 is 6.08. The van der Waals surface area contributed by atoms with Crippen molar-refractivity contribution in [3.8, 4) is 0 Å². The summed E-state index contributed by atoms with van der Waals surface area (Å²) in [6.07, 6.45) is 10.0. The van der Waals surface area contributed by atoms with E-state index < -0.39 is 5.91 Å². The van der Waals surface area contributed by atoms with Gasteiger partial charge in [0.05, 0.1) is 5.02 Å². The van der Waals surface area contributed by atoms with E-state index in [1.807, 2.05) is 23.2 Å². The number of anilines is 2. The highest BCUT2D eigenvalue weighted by Gasteiger charge is 2.33. The van der Waals surface area contributed by atoms with E-state index in [1.54, 1.807) is 18.2 Å². The zero-order chi connectivity index (χ0) is 23.5. The van der Waals surface area contributed by atoms with Crippen LogP contribution in [0.25, 0.3) is 11.0 Å². The van der Waals surface area contributed by atoms with E-state index in [4.69, 9.17) is 16.0 Å². The van der Waals surface area contributed by atoms with Crippen LogP contribution in [0.15, 0.2) is 47.0 Å². The highest BCUT2D eigenvalue weighted by atomic mass is 35.5. The van der Waals surface area contributed by atoms with E-state index in [2.05, 4.69) is 15.3 Å². The predicted octanol–water partition coefficient (Wildman–Crippen LogP) is 6.05. The quantitative estimate of drug-likeness (QED) is 0.481. The molecule has 2 aliphatic rings. The number of fused-ring (bicyclic) bond motifs is 1. The van der Waals surface area contributed by atoms with E-state index in [-0.39, 0.29) is 17.6 Å². The molecule has 2 aromatic heterocycles. The van der Waals surface area contributed by atoms with Crippen molar-refractivity contribution in [1.29, 1.82) is 0 Å². The van der Waals surface area contributed by atoms with Crippen LogP contribution in [0.3, 0.4) is 0 Å². The number of pyridine rings is 1. The van der Waals surface area contributed by atoms with Crippen molar-refractivity contribution in [1.82, 2.24) is 9.99 Å². The number of carbonyl (C=O) groups excluding carboxylic acids is 2. The van der Waals surface area contributed by atoms with E-state index in [0.717, 1.165) is 57.0 Å². The molecule has 178 valence electrons. The summed E-state index contributed by atoms with van der Waals surface area (Å²) >= 11 is 5.88. The minimum atomic E-state index is -0.403. The first-order valence-corrected chi connectivity index (χ1v) is 12.5. The maximum Gasteiger partial charge on any atom is 0.292 e. The minimum absolute atomic E-state index is 0.0274. The topological polar surface area (TPSA) is 78.7 Å². The lowest BCUT2D eigenvalue weighted by atomic mass is 9.88. The predicted molar refractivity (Wildman–Crippen MR) is 133 cm³/mol. The van der Waals surface area contributed by atoms with Gasteiger partial charge < -0.3 is 9.73 Å². The average molecular weight is 481 g/mol. The van der Waals surface area contributed by atoms with Gasteiger partial charge in [-0.15, -0.1) is 0 Å². The summed E-state index contributed by atoms with van der Waals surface area (Å²) in [7, 11) is 0. The number of hydrogen-bond donors (Lipinski definition) is 1. The Hall–Kier alpha value is -2.90. The lowest BCUT2D eigenvalue weighted by molar-refractivity contribution is -0.126. The SMILES string of the molecule is O=C(Nc1ccc(Cl)cn1)c1cc2cccc(N(C(=O)C3CCCCC3)N3CCCCC3)c2o1. The van der Waals surface area contributed by atoms with Gasteiger partial charge in [0.25, 0.3) is 5.91 Å². The van der Waals surface area contributed by atoms with Crippen LogP contribution in [-0.4, -0.2) is 34.9 Å². The molecular formula is C26H29ClN4O3. The maximum atomic E-state index is 13.8. The molecule has 1 aromatic carbocycles. The molecule has 0 spiro atoms. The molecule has 3 heterocycles. The van der Waals surface area contributed by atoms with Crippen LogP contribution < -0.4 is 10.3 Å². The number of carbonyl (C=O) groups is 2. The lowest BCUT2D eigenvalue weighted by Crippen LogP contribution is -2.51. The Kier molecular flexibility index (Phi) is 6.83. The number of rotatable bonds is 5. The third kappa shape index (κ3) is 4.81. The van der Waals surface area contributed by atoms with E-state index in [9.17, 15) is 9.59 Å². The Bertz CT molecular complexity index is 1160. The van der Waals surface area contributed by atoms with Crippen LogP contribution in [0.4, 0.5) is 11.5 Å². The van der Waals surface area contributed by atoms with E-state index in [1.165, 1.54) is 19.0 Å². The summed E-state index contributed by atoms with van der Waals surface area (Å²) in [5, 5.41) is 8.03. The van der Waals surface area contributed by atoms with Gasteiger partial charge in [0.1, 0.15) is 11.5 Å². The maximum absolute atomic E-state index is 13.8. The molecule has 0 bridgehead atoms. The molecule has 1 saturated heterocycles. The molecule has 1 saturated carbocycles. The van der Waals surface area contributed by atoms with Gasteiger partial charge in [-0.25, -0.2) is 15.0 Å². The third-order valence-electron chi connectivity index (χ3n) is 6.72. The van der Waals surface area contributed by atoms with Crippen molar-refractivity contribution in [2.75, 3.05) is 23.4 Å². The van der Waals surface area contributed by atoms with Crippen LogP contribution in [-0.2, 0) is 4.79 Å². The number of hydrazine groups is 1. The van der Waals surface area contributed by atoms with Crippen molar-refractivity contribution in [3.05, 3.63) is 53.4 Å². The minimum Gasteiger partial charge on any atom is -0.449 e. The lowest BCUT2D eigenvalue weighted by Gasteiger charge is -2.39. The summed E-state index contributed by atoms with van der Waals surface area (Å²) in [6, 6.07) is 10.7. The average Bonchev–Trinajstić information content (AvgIpc) is 3.32. The Morgan fingerprint density at radius 2 is 1.79 bits per heavy atom. The van der Waals surface area contributed by atoms with Gasteiger partial charge in [-0.1, -0.05) is 49.4 Å². The number of piperidine rings is 1. The number of benzene rings is 1. The molecule has 1 aliphatic heterocycles. The summed E-state index contributed by atoms with van der Waals surface area (Å²) in [5.74, 6) is 0.321. The fourth-order valence-corrected chi connectivity index (χ4v) is 5.08. The van der Waals surface area contributed by atoms with Gasteiger partial charge in [-0.2, -0.15) is 0 Å². The first-order chi connectivity index (χ1) is 16.6. The summed E-state index contributed by atoms with van der Waals surface area (Å²) in [6.45, 7) is 1.68. The monoisotopic (exact) mass is 480 g/mol. The van der Waals surface area contributed by atoms with Crippen LogP contribution in [0.5, 0.6) is 0 Å². The number of aromatic nitrogens is 1. The highest BCUT2D eigenvalue weighted by molar-refractivity contribution is 6.30. The number of amides is 2. The molecule has 0 atom stereocenters. The standard InChI is InChI=1S/C26H29ClN4O3/c27-20-12-13-23(28-17-20)29-25(32)22-16-19-10-7-11-21(24(19)34-22)31(30-14-5-2-6-15-30)26(33)18-8-3-1-4-9-18/h7,10-13,16-18H,1-6,8-9,14-15H2,(H,28,29,32). The first kappa shape index (κ1) is 22.9. The smallest absolute Gasteiger partial charge is 0.292 e. The van der Waals surface area contributed by atoms with Gasteiger partial charge >= 0.3 is 0 Å². The van der Waals surface area contributed by atoms with Crippen LogP contribution in [0, 0.1) is 5.92 Å². The highest BCUT2D eigenvalue weighted by Crippen LogP contribution is 2.35. The Labute approximate surface area is 204 Å². The Morgan fingerprint density at radius 1 is 1.03 bits per heavy atom. The van der Waals surface area contributed by atoms with E-state index in [0.29, 0.717) is 22.1 Å². The van der Waals surface area contributed by atoms with Crippen LogP contribution in [0.2, 0.25) is 5.02 Å². The van der Waals surface area contributed by atoms with Crippen LogP contribution in [0.1, 0.15) is 61.9 Å². The molecule has 7 nitrogen and oxygen atoms in total. The van der Waals surface area contributed by atoms with Crippen molar-refractivity contribution >= 4 is 45.9 Å². The van der Waals surface area contributed by atoms with Crippen LogP contribution >= 0.6 is 11.6 Å². The van der Waals surface area contributed by atoms with Crippen molar-refractivity contribution in [3.63, 3.8) is 0 Å². The largest absolute Gasteiger partial charge is 0.449 e. The normalized spacial score (nSPS) is 17.6. The molecule has 3 aromatic rings. The number of hydrogen-bond acceptors (Lipinski definition) is 5. The van der Waals surface area contributed by atoms with Gasteiger partial charge in [-0.3, -0.25) is 9.59 Å².